The average Bonchev–Trinajstić information content (AvgIpc) is 3.07. The van der Waals surface area contributed by atoms with Crippen LogP contribution < -0.4 is 5.32 Å². The zero-order chi connectivity index (χ0) is 18.4. The van der Waals surface area contributed by atoms with E-state index in [1.165, 1.54) is 6.07 Å². The lowest BCUT2D eigenvalue weighted by atomic mass is 9.92. The number of nitrogens with one attached hydrogen (secondary N) is 1. The van der Waals surface area contributed by atoms with Crippen molar-refractivity contribution in [1.29, 1.82) is 0 Å². The first-order valence-corrected chi connectivity index (χ1v) is 9.32. The number of hydrogen-bond acceptors (Lipinski definition) is 2. The summed E-state index contributed by atoms with van der Waals surface area (Å²) in [4.78, 5) is 4.75. The summed E-state index contributed by atoms with van der Waals surface area (Å²) in [6, 6.07) is 22.7. The number of aromatic nitrogens is 2. The SMILES string of the molecule is Fc1cccc(Cl)c1[C@H]1C[C@@H](c2ccccc2)Nc2nc3ccccc3n21. The number of fused-ring (bicyclic) bond motifs is 3. The molecular formula is C22H17ClFN3. The molecule has 2 heterocycles. The molecule has 1 aliphatic rings. The molecule has 2 atom stereocenters. The van der Waals surface area contributed by atoms with Crippen LogP contribution >= 0.6 is 11.6 Å². The summed E-state index contributed by atoms with van der Waals surface area (Å²) in [5.74, 6) is 0.450. The van der Waals surface area contributed by atoms with Gasteiger partial charge in [0.1, 0.15) is 5.82 Å². The Bertz CT molecular complexity index is 1100. The molecule has 27 heavy (non-hydrogen) atoms. The van der Waals surface area contributed by atoms with Gasteiger partial charge in [-0.25, -0.2) is 9.37 Å². The molecule has 1 aromatic heterocycles. The number of halogens is 2. The van der Waals surface area contributed by atoms with Gasteiger partial charge in [0.05, 0.1) is 23.1 Å². The number of hydrogen-bond donors (Lipinski definition) is 1. The minimum absolute atomic E-state index is 0.0242. The van der Waals surface area contributed by atoms with Crippen molar-refractivity contribution in [2.45, 2.75) is 18.5 Å². The van der Waals surface area contributed by atoms with Crippen molar-refractivity contribution in [2.24, 2.45) is 0 Å². The van der Waals surface area contributed by atoms with E-state index in [2.05, 4.69) is 22.0 Å². The van der Waals surface area contributed by atoms with E-state index < -0.39 is 0 Å². The maximum absolute atomic E-state index is 14.8. The molecule has 0 bridgehead atoms. The Morgan fingerprint density at radius 1 is 0.963 bits per heavy atom. The van der Waals surface area contributed by atoms with Gasteiger partial charge in [-0.05, 0) is 36.2 Å². The van der Waals surface area contributed by atoms with E-state index in [1.54, 1.807) is 12.1 Å². The van der Waals surface area contributed by atoms with Gasteiger partial charge in [-0.1, -0.05) is 60.1 Å². The third kappa shape index (κ3) is 2.68. The largest absolute Gasteiger partial charge is 0.349 e. The highest BCUT2D eigenvalue weighted by atomic mass is 35.5. The first-order chi connectivity index (χ1) is 13.2. The highest BCUT2D eigenvalue weighted by Gasteiger charge is 2.33. The number of rotatable bonds is 2. The van der Waals surface area contributed by atoms with Crippen LogP contribution in [0.25, 0.3) is 11.0 Å². The molecule has 0 spiro atoms. The maximum atomic E-state index is 14.8. The molecule has 0 saturated carbocycles. The lowest BCUT2D eigenvalue weighted by molar-refractivity contribution is 0.457. The smallest absolute Gasteiger partial charge is 0.204 e. The topological polar surface area (TPSA) is 29.9 Å². The molecule has 3 nitrogen and oxygen atoms in total. The van der Waals surface area contributed by atoms with Gasteiger partial charge in [-0.3, -0.25) is 0 Å². The van der Waals surface area contributed by atoms with Crippen molar-refractivity contribution >= 4 is 28.6 Å². The molecule has 0 aliphatic carbocycles. The van der Waals surface area contributed by atoms with Crippen molar-refractivity contribution in [3.63, 3.8) is 0 Å². The number of imidazole rings is 1. The third-order valence-electron chi connectivity index (χ3n) is 5.20. The van der Waals surface area contributed by atoms with Crippen molar-refractivity contribution in [1.82, 2.24) is 9.55 Å². The van der Waals surface area contributed by atoms with E-state index in [1.807, 2.05) is 42.5 Å². The molecule has 3 aromatic carbocycles. The summed E-state index contributed by atoms with van der Waals surface area (Å²) < 4.78 is 16.9. The van der Waals surface area contributed by atoms with Crippen LogP contribution in [0.5, 0.6) is 0 Å². The summed E-state index contributed by atoms with van der Waals surface area (Å²) in [5, 5.41) is 3.97. The van der Waals surface area contributed by atoms with E-state index in [4.69, 9.17) is 16.6 Å². The van der Waals surface area contributed by atoms with Crippen molar-refractivity contribution < 1.29 is 4.39 Å². The van der Waals surface area contributed by atoms with E-state index in [0.717, 1.165) is 22.5 Å². The van der Waals surface area contributed by atoms with Gasteiger partial charge in [0, 0.05) is 10.6 Å². The van der Waals surface area contributed by atoms with Crippen LogP contribution in [0.3, 0.4) is 0 Å². The second-order valence-electron chi connectivity index (χ2n) is 6.79. The van der Waals surface area contributed by atoms with E-state index in [9.17, 15) is 4.39 Å². The Labute approximate surface area is 161 Å². The lowest BCUT2D eigenvalue weighted by Crippen LogP contribution is -2.28. The predicted octanol–water partition coefficient (Wildman–Crippen LogP) is 5.98. The fourth-order valence-corrected chi connectivity index (χ4v) is 4.27. The number of anilines is 1. The molecule has 134 valence electrons. The van der Waals surface area contributed by atoms with Crippen molar-refractivity contribution in [3.8, 4) is 0 Å². The fourth-order valence-electron chi connectivity index (χ4n) is 3.99. The second kappa shape index (κ2) is 6.39. The molecule has 4 aromatic rings. The Hall–Kier alpha value is -2.85. The number of nitrogens with zero attached hydrogens (tertiary/aromatic N) is 2. The molecule has 5 heteroatoms. The minimum atomic E-state index is -0.287. The zero-order valence-electron chi connectivity index (χ0n) is 14.4. The Morgan fingerprint density at radius 2 is 1.74 bits per heavy atom. The summed E-state index contributed by atoms with van der Waals surface area (Å²) in [6.45, 7) is 0. The second-order valence-corrected chi connectivity index (χ2v) is 7.20. The van der Waals surface area contributed by atoms with E-state index in [-0.39, 0.29) is 17.9 Å². The molecule has 0 unspecified atom stereocenters. The molecule has 1 N–H and O–H groups in total. The Kier molecular flexibility index (Phi) is 3.87. The summed E-state index contributed by atoms with van der Waals surface area (Å²) >= 11 is 6.45. The normalized spacial score (nSPS) is 18.9. The van der Waals surface area contributed by atoms with Crippen LogP contribution in [0, 0.1) is 5.82 Å². The van der Waals surface area contributed by atoms with Crippen LogP contribution in [0.2, 0.25) is 5.02 Å². The van der Waals surface area contributed by atoms with Gasteiger partial charge < -0.3 is 9.88 Å². The lowest BCUT2D eigenvalue weighted by Gasteiger charge is -2.34. The summed E-state index contributed by atoms with van der Waals surface area (Å²) in [5.41, 5.74) is 3.52. The van der Waals surface area contributed by atoms with E-state index in [0.29, 0.717) is 17.0 Å². The first kappa shape index (κ1) is 16.3. The molecule has 0 fully saturated rings. The van der Waals surface area contributed by atoms with Crippen LogP contribution in [-0.2, 0) is 0 Å². The van der Waals surface area contributed by atoms with Crippen LogP contribution in [0.15, 0.2) is 72.8 Å². The van der Waals surface area contributed by atoms with Gasteiger partial charge in [0.25, 0.3) is 0 Å². The quantitative estimate of drug-likeness (QED) is 0.466. The first-order valence-electron chi connectivity index (χ1n) is 8.95. The zero-order valence-corrected chi connectivity index (χ0v) is 15.2. The van der Waals surface area contributed by atoms with Gasteiger partial charge in [-0.15, -0.1) is 0 Å². The third-order valence-corrected chi connectivity index (χ3v) is 5.53. The number of para-hydroxylation sites is 2. The van der Waals surface area contributed by atoms with Crippen molar-refractivity contribution in [2.75, 3.05) is 5.32 Å². The monoisotopic (exact) mass is 377 g/mol. The van der Waals surface area contributed by atoms with Gasteiger partial charge >= 0.3 is 0 Å². The van der Waals surface area contributed by atoms with E-state index >= 15 is 0 Å². The van der Waals surface area contributed by atoms with Crippen molar-refractivity contribution in [3.05, 3.63) is 94.8 Å². The van der Waals surface area contributed by atoms with Crippen LogP contribution in [-0.4, -0.2) is 9.55 Å². The molecule has 5 rings (SSSR count). The van der Waals surface area contributed by atoms with Gasteiger partial charge in [-0.2, -0.15) is 0 Å². The Morgan fingerprint density at radius 3 is 2.56 bits per heavy atom. The number of benzene rings is 3. The molecule has 0 amide bonds. The molecule has 0 radical (unpaired) electrons. The fraction of sp³-hybridized carbons (Fsp3) is 0.136. The predicted molar refractivity (Wildman–Crippen MR) is 107 cm³/mol. The minimum Gasteiger partial charge on any atom is -0.349 e. The summed E-state index contributed by atoms with van der Waals surface area (Å²) in [6.07, 6.45) is 0.679. The van der Waals surface area contributed by atoms with Gasteiger partial charge in [0.15, 0.2) is 0 Å². The standard InChI is InChI=1S/C22H17ClFN3/c23-15-9-6-10-16(24)21(15)20-13-18(14-7-2-1-3-8-14)26-22-25-17-11-4-5-12-19(17)27(20)22/h1-12,18,20H,13H2,(H,25,26)/t18-,20+/m0/s1. The molecule has 0 saturated heterocycles. The Balaban J connectivity index is 1.73. The highest BCUT2D eigenvalue weighted by Crippen LogP contribution is 2.43. The van der Waals surface area contributed by atoms with Crippen LogP contribution in [0.4, 0.5) is 10.3 Å². The van der Waals surface area contributed by atoms with Gasteiger partial charge in [0.2, 0.25) is 5.95 Å². The average molecular weight is 378 g/mol. The highest BCUT2D eigenvalue weighted by molar-refractivity contribution is 6.31. The summed E-state index contributed by atoms with van der Waals surface area (Å²) in [7, 11) is 0. The maximum Gasteiger partial charge on any atom is 0.204 e. The van der Waals surface area contributed by atoms with Crippen LogP contribution in [0.1, 0.15) is 29.6 Å². The molecule has 1 aliphatic heterocycles. The molecular weight excluding hydrogens is 361 g/mol.